The normalized spacial score (nSPS) is 13.1. The quantitative estimate of drug-likeness (QED) is 0.534. The summed E-state index contributed by atoms with van der Waals surface area (Å²) >= 11 is 0. The summed E-state index contributed by atoms with van der Waals surface area (Å²) in [5, 5.41) is 6.84. The first-order chi connectivity index (χ1) is 17.3. The van der Waals surface area contributed by atoms with Crippen molar-refractivity contribution in [2.45, 2.75) is 39.8 Å². The van der Waals surface area contributed by atoms with Crippen LogP contribution in [0.2, 0.25) is 0 Å². The number of fused-ring (bicyclic) bond motifs is 1. The molecule has 3 heterocycles. The number of pyridine rings is 1. The van der Waals surface area contributed by atoms with Crippen molar-refractivity contribution in [1.82, 2.24) is 19.9 Å². The first-order valence-electron chi connectivity index (χ1n) is 11.7. The zero-order valence-corrected chi connectivity index (χ0v) is 20.9. The summed E-state index contributed by atoms with van der Waals surface area (Å²) in [6.07, 6.45) is 0.510. The first kappa shape index (κ1) is 25.0. The van der Waals surface area contributed by atoms with Gasteiger partial charge >= 0.3 is 0 Å². The number of methoxy groups -OCH3 is 2. The average molecular weight is 495 g/mol. The van der Waals surface area contributed by atoms with E-state index in [0.717, 1.165) is 16.9 Å². The molecule has 0 saturated carbocycles. The molecule has 0 aliphatic carbocycles. The van der Waals surface area contributed by atoms with Gasteiger partial charge in [-0.25, -0.2) is 0 Å². The van der Waals surface area contributed by atoms with Crippen molar-refractivity contribution in [2.24, 2.45) is 0 Å². The number of carbonyl (C=O) groups excluding carboxylic acids is 2. The van der Waals surface area contributed by atoms with Crippen LogP contribution in [0.1, 0.15) is 38.6 Å². The highest BCUT2D eigenvalue weighted by Crippen LogP contribution is 2.24. The highest BCUT2D eigenvalue weighted by atomic mass is 16.5. The number of hydrogen-bond acceptors (Lipinski definition) is 7. The molecule has 190 valence electrons. The summed E-state index contributed by atoms with van der Waals surface area (Å²) in [6, 6.07) is 8.71. The third-order valence-electron chi connectivity index (χ3n) is 6.51. The Balaban J connectivity index is 1.54. The Morgan fingerprint density at radius 3 is 2.47 bits per heavy atom. The summed E-state index contributed by atoms with van der Waals surface area (Å²) < 4.78 is 17.3. The van der Waals surface area contributed by atoms with Crippen LogP contribution < -0.4 is 20.3 Å². The van der Waals surface area contributed by atoms with E-state index in [-0.39, 0.29) is 36.1 Å². The lowest BCUT2D eigenvalue weighted by atomic mass is 10.1. The number of carbonyl (C=O) groups is 2. The van der Waals surface area contributed by atoms with Gasteiger partial charge in [-0.3, -0.25) is 14.4 Å². The molecule has 0 unspecified atom stereocenters. The zero-order valence-electron chi connectivity index (χ0n) is 20.9. The fourth-order valence-electron chi connectivity index (χ4n) is 4.44. The molecule has 1 aromatic carbocycles. The third kappa shape index (κ3) is 5.12. The molecule has 3 aromatic rings. The molecule has 36 heavy (non-hydrogen) atoms. The summed E-state index contributed by atoms with van der Waals surface area (Å²) in [5.74, 6) is 1.14. The Labute approximate surface area is 208 Å². The largest absolute Gasteiger partial charge is 0.497 e. The second kappa shape index (κ2) is 10.7. The number of amides is 2. The van der Waals surface area contributed by atoms with Crippen LogP contribution in [-0.4, -0.2) is 53.7 Å². The fourth-order valence-corrected chi connectivity index (χ4v) is 4.44. The van der Waals surface area contributed by atoms with Crippen molar-refractivity contribution in [3.63, 3.8) is 0 Å². The zero-order chi connectivity index (χ0) is 25.8. The van der Waals surface area contributed by atoms with Crippen LogP contribution in [0.25, 0.3) is 0 Å². The van der Waals surface area contributed by atoms with Crippen molar-refractivity contribution in [3.05, 3.63) is 74.5 Å². The second-order valence-electron chi connectivity index (χ2n) is 8.67. The predicted molar refractivity (Wildman–Crippen MR) is 131 cm³/mol. The van der Waals surface area contributed by atoms with E-state index in [0.29, 0.717) is 48.8 Å². The molecule has 2 amide bonds. The minimum atomic E-state index is -0.345. The van der Waals surface area contributed by atoms with E-state index in [2.05, 4.69) is 10.5 Å². The van der Waals surface area contributed by atoms with E-state index in [4.69, 9.17) is 14.0 Å². The van der Waals surface area contributed by atoms with Gasteiger partial charge in [-0.1, -0.05) is 17.3 Å². The molecule has 0 atom stereocenters. The smallest absolute Gasteiger partial charge is 0.257 e. The Morgan fingerprint density at radius 1 is 1.08 bits per heavy atom. The van der Waals surface area contributed by atoms with Gasteiger partial charge in [0.15, 0.2) is 0 Å². The van der Waals surface area contributed by atoms with E-state index in [1.165, 1.54) is 13.2 Å². The van der Waals surface area contributed by atoms with Crippen LogP contribution in [0.4, 0.5) is 0 Å². The monoisotopic (exact) mass is 494 g/mol. The average Bonchev–Trinajstić information content (AvgIpc) is 3.07. The first-order valence-corrected chi connectivity index (χ1v) is 11.7. The number of ether oxygens (including phenoxy) is 2. The molecular weight excluding hydrogens is 464 g/mol. The number of aryl methyl sites for hydroxylation is 2. The highest BCUT2D eigenvalue weighted by molar-refractivity contribution is 5.98. The van der Waals surface area contributed by atoms with Crippen molar-refractivity contribution in [3.8, 4) is 11.5 Å². The molecule has 1 N–H and O–H groups in total. The summed E-state index contributed by atoms with van der Waals surface area (Å²) in [5.41, 5.74) is 2.96. The highest BCUT2D eigenvalue weighted by Gasteiger charge is 2.27. The minimum absolute atomic E-state index is 0.0808. The van der Waals surface area contributed by atoms with Crippen molar-refractivity contribution in [2.75, 3.05) is 27.3 Å². The lowest BCUT2D eigenvalue weighted by Crippen LogP contribution is -2.35. The van der Waals surface area contributed by atoms with Crippen LogP contribution in [0.15, 0.2) is 39.6 Å². The molecule has 0 fully saturated rings. The number of aromatic nitrogens is 2. The topological polar surface area (TPSA) is 116 Å². The number of nitrogens with one attached hydrogen (secondary N) is 1. The van der Waals surface area contributed by atoms with Gasteiger partial charge < -0.3 is 28.8 Å². The van der Waals surface area contributed by atoms with Crippen molar-refractivity contribution >= 4 is 11.8 Å². The van der Waals surface area contributed by atoms with Crippen LogP contribution in [0, 0.1) is 13.8 Å². The maximum absolute atomic E-state index is 13.3. The van der Waals surface area contributed by atoms with Gasteiger partial charge in [0.1, 0.15) is 22.8 Å². The lowest BCUT2D eigenvalue weighted by molar-refractivity contribution is -0.130. The Hall–Kier alpha value is -4.08. The van der Waals surface area contributed by atoms with Crippen molar-refractivity contribution < 1.29 is 23.6 Å². The molecule has 0 saturated heterocycles. The van der Waals surface area contributed by atoms with Gasteiger partial charge in [0, 0.05) is 49.9 Å². The summed E-state index contributed by atoms with van der Waals surface area (Å²) in [4.78, 5) is 40.9. The number of nitrogens with zero attached hydrogens (tertiary/aromatic N) is 3. The number of benzene rings is 1. The van der Waals surface area contributed by atoms with Gasteiger partial charge in [0.2, 0.25) is 5.91 Å². The molecule has 1 aliphatic rings. The van der Waals surface area contributed by atoms with E-state index in [9.17, 15) is 14.4 Å². The van der Waals surface area contributed by atoms with E-state index in [1.807, 2.05) is 24.3 Å². The SMILES string of the molecule is COc1ccc(CNC(=O)c2c(OC)cc(=O)n3c2CCN(C(=O)Cc2c(C)noc2C)CC3)cc1. The minimum Gasteiger partial charge on any atom is -0.497 e. The Kier molecular flexibility index (Phi) is 7.42. The Morgan fingerprint density at radius 2 is 1.83 bits per heavy atom. The summed E-state index contributed by atoms with van der Waals surface area (Å²) in [6.45, 7) is 4.89. The molecule has 4 rings (SSSR count). The Bertz CT molecular complexity index is 1310. The molecule has 0 spiro atoms. The molecule has 10 nitrogen and oxygen atoms in total. The molecule has 2 aromatic heterocycles. The number of hydrogen-bond donors (Lipinski definition) is 1. The molecule has 0 bridgehead atoms. The van der Waals surface area contributed by atoms with Crippen molar-refractivity contribution in [1.29, 1.82) is 0 Å². The van der Waals surface area contributed by atoms with Gasteiger partial charge in [0.25, 0.3) is 11.5 Å². The van der Waals surface area contributed by atoms with E-state index in [1.54, 1.807) is 30.4 Å². The lowest BCUT2D eigenvalue weighted by Gasteiger charge is -2.19. The van der Waals surface area contributed by atoms with Gasteiger partial charge in [-0.15, -0.1) is 0 Å². The van der Waals surface area contributed by atoms with Crippen LogP contribution in [0.5, 0.6) is 11.5 Å². The van der Waals surface area contributed by atoms with E-state index < -0.39 is 0 Å². The molecule has 0 radical (unpaired) electrons. The maximum atomic E-state index is 13.3. The third-order valence-corrected chi connectivity index (χ3v) is 6.51. The van der Waals surface area contributed by atoms with Gasteiger partial charge in [-0.05, 0) is 31.5 Å². The standard InChI is InChI=1S/C26H30N4O6/c1-16-20(17(2)36-28-16)13-23(31)29-10-9-21-25(22(35-4)14-24(32)30(21)12-11-29)26(33)27-15-18-5-7-19(34-3)8-6-18/h5-8,14H,9-13,15H2,1-4H3,(H,27,33). The number of rotatable bonds is 7. The van der Waals surface area contributed by atoms with Gasteiger partial charge in [0.05, 0.1) is 26.3 Å². The van der Waals surface area contributed by atoms with Crippen LogP contribution >= 0.6 is 0 Å². The second-order valence-corrected chi connectivity index (χ2v) is 8.67. The molecule has 10 heteroatoms. The van der Waals surface area contributed by atoms with Crippen LogP contribution in [-0.2, 0) is 30.7 Å². The molecular formula is C26H30N4O6. The van der Waals surface area contributed by atoms with Crippen LogP contribution in [0.3, 0.4) is 0 Å². The van der Waals surface area contributed by atoms with Gasteiger partial charge in [-0.2, -0.15) is 0 Å². The fraction of sp³-hybridized carbons (Fsp3) is 0.385. The van der Waals surface area contributed by atoms with E-state index >= 15 is 0 Å². The maximum Gasteiger partial charge on any atom is 0.257 e. The predicted octanol–water partition coefficient (Wildman–Crippen LogP) is 2.03. The molecule has 1 aliphatic heterocycles. The summed E-state index contributed by atoms with van der Waals surface area (Å²) in [7, 11) is 3.03.